The van der Waals surface area contributed by atoms with Crippen LogP contribution in [0.15, 0.2) is 35.7 Å². The van der Waals surface area contributed by atoms with E-state index in [9.17, 15) is 4.79 Å². The molecule has 2 N–H and O–H groups in total. The fraction of sp³-hybridized carbons (Fsp3) is 0.286. The lowest BCUT2D eigenvalue weighted by molar-refractivity contribution is -0.120. The summed E-state index contributed by atoms with van der Waals surface area (Å²) in [4.78, 5) is 16.1. The Morgan fingerprint density at radius 1 is 1.32 bits per heavy atom. The van der Waals surface area contributed by atoms with E-state index in [0.717, 1.165) is 29.4 Å². The van der Waals surface area contributed by atoms with Gasteiger partial charge in [0.25, 0.3) is 0 Å². The highest BCUT2D eigenvalue weighted by Gasteiger charge is 2.23. The Hall–Kier alpha value is -1.88. The van der Waals surface area contributed by atoms with Crippen LogP contribution in [-0.2, 0) is 11.2 Å². The van der Waals surface area contributed by atoms with Crippen LogP contribution in [0.1, 0.15) is 18.5 Å². The van der Waals surface area contributed by atoms with Gasteiger partial charge >= 0.3 is 0 Å². The van der Waals surface area contributed by atoms with Crippen molar-refractivity contribution in [3.8, 4) is 0 Å². The van der Waals surface area contributed by atoms with E-state index in [4.69, 9.17) is 0 Å². The molecule has 4 nitrogen and oxygen atoms in total. The van der Waals surface area contributed by atoms with Gasteiger partial charge in [0.15, 0.2) is 5.13 Å². The molecule has 98 valence electrons. The normalized spacial score (nSPS) is 14.1. The molecule has 19 heavy (non-hydrogen) atoms. The zero-order valence-electron chi connectivity index (χ0n) is 10.4. The summed E-state index contributed by atoms with van der Waals surface area (Å²) >= 11 is 1.52. The number of benzene rings is 1. The molecule has 1 heterocycles. The van der Waals surface area contributed by atoms with E-state index in [2.05, 4.69) is 15.6 Å². The summed E-state index contributed by atoms with van der Waals surface area (Å²) in [6.07, 6.45) is 2.59. The van der Waals surface area contributed by atoms with E-state index < -0.39 is 0 Å². The molecule has 0 spiro atoms. The Morgan fingerprint density at radius 3 is 2.84 bits per heavy atom. The second kappa shape index (κ2) is 5.40. The van der Waals surface area contributed by atoms with Crippen LogP contribution >= 0.6 is 11.3 Å². The summed E-state index contributed by atoms with van der Waals surface area (Å²) in [6.45, 7) is 0. The van der Waals surface area contributed by atoms with Crippen molar-refractivity contribution in [2.45, 2.75) is 25.3 Å². The highest BCUT2D eigenvalue weighted by molar-refractivity contribution is 7.13. The first-order chi connectivity index (χ1) is 9.29. The van der Waals surface area contributed by atoms with Gasteiger partial charge in [-0.15, -0.1) is 11.3 Å². The molecule has 1 saturated carbocycles. The molecule has 0 unspecified atom stereocenters. The molecule has 0 atom stereocenters. The van der Waals surface area contributed by atoms with Crippen LogP contribution in [0.5, 0.6) is 0 Å². The second-order valence-corrected chi connectivity index (χ2v) is 5.51. The molecule has 1 aliphatic carbocycles. The Labute approximate surface area is 115 Å². The number of rotatable bonds is 5. The van der Waals surface area contributed by atoms with Crippen molar-refractivity contribution >= 4 is 28.1 Å². The number of hydrogen-bond acceptors (Lipinski definition) is 4. The largest absolute Gasteiger partial charge is 0.353 e. The summed E-state index contributed by atoms with van der Waals surface area (Å²) in [6, 6.07) is 10.3. The molecule has 1 aromatic heterocycles. The monoisotopic (exact) mass is 273 g/mol. The van der Waals surface area contributed by atoms with E-state index in [1.807, 2.05) is 35.7 Å². The molecule has 5 heteroatoms. The summed E-state index contributed by atoms with van der Waals surface area (Å²) in [5.41, 5.74) is 1.83. The molecule has 1 amide bonds. The number of thiazole rings is 1. The van der Waals surface area contributed by atoms with Crippen molar-refractivity contribution in [1.82, 2.24) is 10.3 Å². The summed E-state index contributed by atoms with van der Waals surface area (Å²) in [7, 11) is 0. The van der Waals surface area contributed by atoms with Gasteiger partial charge in [-0.1, -0.05) is 18.2 Å². The number of anilines is 2. The maximum atomic E-state index is 11.7. The fourth-order valence-corrected chi connectivity index (χ4v) is 2.49. The molecule has 1 aliphatic rings. The number of hydrogen-bond donors (Lipinski definition) is 2. The molecule has 0 aliphatic heterocycles. The lowest BCUT2D eigenvalue weighted by atomic mass is 10.3. The predicted molar refractivity (Wildman–Crippen MR) is 76.7 cm³/mol. The van der Waals surface area contributed by atoms with Crippen LogP contribution < -0.4 is 10.6 Å². The highest BCUT2D eigenvalue weighted by Crippen LogP contribution is 2.22. The number of amides is 1. The lowest BCUT2D eigenvalue weighted by Gasteiger charge is -2.01. The van der Waals surface area contributed by atoms with Crippen LogP contribution in [0.25, 0.3) is 0 Å². The minimum Gasteiger partial charge on any atom is -0.353 e. The quantitative estimate of drug-likeness (QED) is 0.880. The van der Waals surface area contributed by atoms with Gasteiger partial charge in [0, 0.05) is 17.1 Å². The van der Waals surface area contributed by atoms with Crippen LogP contribution in [0.2, 0.25) is 0 Å². The predicted octanol–water partition coefficient (Wildman–Crippen LogP) is 2.71. The SMILES string of the molecule is O=C(Cc1csc(Nc2ccccc2)n1)NC1CC1. The minimum atomic E-state index is 0.0686. The average molecular weight is 273 g/mol. The van der Waals surface area contributed by atoms with Crippen molar-refractivity contribution in [3.05, 3.63) is 41.4 Å². The van der Waals surface area contributed by atoms with Gasteiger partial charge in [-0.25, -0.2) is 4.98 Å². The lowest BCUT2D eigenvalue weighted by Crippen LogP contribution is -2.27. The zero-order valence-corrected chi connectivity index (χ0v) is 11.2. The van der Waals surface area contributed by atoms with Crippen LogP contribution in [0, 0.1) is 0 Å². The summed E-state index contributed by atoms with van der Waals surface area (Å²) in [5, 5.41) is 8.94. The minimum absolute atomic E-state index is 0.0686. The third kappa shape index (κ3) is 3.54. The van der Waals surface area contributed by atoms with Gasteiger partial charge < -0.3 is 10.6 Å². The van der Waals surface area contributed by atoms with E-state index in [1.54, 1.807) is 0 Å². The fourth-order valence-electron chi connectivity index (χ4n) is 1.76. The maximum Gasteiger partial charge on any atom is 0.226 e. The third-order valence-corrected chi connectivity index (χ3v) is 3.67. The van der Waals surface area contributed by atoms with Gasteiger partial charge in [0.1, 0.15) is 0 Å². The van der Waals surface area contributed by atoms with Gasteiger partial charge in [-0.3, -0.25) is 4.79 Å². The molecule has 2 aromatic rings. The highest BCUT2D eigenvalue weighted by atomic mass is 32.1. The number of nitrogens with one attached hydrogen (secondary N) is 2. The summed E-state index contributed by atoms with van der Waals surface area (Å²) in [5.74, 6) is 0.0686. The number of para-hydroxylation sites is 1. The molecule has 0 bridgehead atoms. The van der Waals surface area contributed by atoms with E-state index in [0.29, 0.717) is 12.5 Å². The number of carbonyl (C=O) groups excluding carboxylic acids is 1. The van der Waals surface area contributed by atoms with Crippen molar-refractivity contribution in [2.24, 2.45) is 0 Å². The van der Waals surface area contributed by atoms with Crippen molar-refractivity contribution in [3.63, 3.8) is 0 Å². The standard InChI is InChI=1S/C14H15N3OS/c18-13(15-11-6-7-11)8-12-9-19-14(17-12)16-10-4-2-1-3-5-10/h1-5,9,11H,6-8H2,(H,15,18)(H,16,17). The van der Waals surface area contributed by atoms with Gasteiger partial charge in [-0.2, -0.15) is 0 Å². The number of carbonyl (C=O) groups is 1. The van der Waals surface area contributed by atoms with E-state index >= 15 is 0 Å². The third-order valence-electron chi connectivity index (χ3n) is 2.86. The van der Waals surface area contributed by atoms with E-state index in [1.165, 1.54) is 11.3 Å². The molecule has 0 saturated heterocycles. The molecule has 1 fully saturated rings. The maximum absolute atomic E-state index is 11.7. The first-order valence-electron chi connectivity index (χ1n) is 6.35. The average Bonchev–Trinajstić information content (AvgIpc) is 3.11. The van der Waals surface area contributed by atoms with Gasteiger partial charge in [0.2, 0.25) is 5.91 Å². The second-order valence-electron chi connectivity index (χ2n) is 4.65. The molecular weight excluding hydrogens is 258 g/mol. The van der Waals surface area contributed by atoms with Gasteiger partial charge in [0.05, 0.1) is 12.1 Å². The Bertz CT molecular complexity index is 563. The van der Waals surface area contributed by atoms with Gasteiger partial charge in [-0.05, 0) is 25.0 Å². The molecule has 1 aromatic carbocycles. The van der Waals surface area contributed by atoms with Crippen LogP contribution in [0.3, 0.4) is 0 Å². The first-order valence-corrected chi connectivity index (χ1v) is 7.23. The topological polar surface area (TPSA) is 54.0 Å². The van der Waals surface area contributed by atoms with E-state index in [-0.39, 0.29) is 5.91 Å². The molecular formula is C14H15N3OS. The molecule has 3 rings (SSSR count). The number of aromatic nitrogens is 1. The van der Waals surface area contributed by atoms with Crippen LogP contribution in [0.4, 0.5) is 10.8 Å². The Balaban J connectivity index is 1.58. The smallest absolute Gasteiger partial charge is 0.226 e. The van der Waals surface area contributed by atoms with Crippen molar-refractivity contribution in [1.29, 1.82) is 0 Å². The Morgan fingerprint density at radius 2 is 2.11 bits per heavy atom. The van der Waals surface area contributed by atoms with Crippen molar-refractivity contribution in [2.75, 3.05) is 5.32 Å². The van der Waals surface area contributed by atoms with Crippen molar-refractivity contribution < 1.29 is 4.79 Å². The molecule has 0 radical (unpaired) electrons. The number of nitrogens with zero attached hydrogens (tertiary/aromatic N) is 1. The first kappa shape index (κ1) is 12.2. The summed E-state index contributed by atoms with van der Waals surface area (Å²) < 4.78 is 0. The van der Waals surface area contributed by atoms with Crippen LogP contribution in [-0.4, -0.2) is 16.9 Å². The zero-order chi connectivity index (χ0) is 13.1. The Kier molecular flexibility index (Phi) is 3.46.